The summed E-state index contributed by atoms with van der Waals surface area (Å²) < 4.78 is 5.64. The minimum Gasteiger partial charge on any atom is -0.504 e. The molecule has 1 aromatic rings. The molecule has 2 rings (SSSR count). The zero-order chi connectivity index (χ0) is 9.47. The molecule has 0 aliphatic carbocycles. The fourth-order valence-corrected chi connectivity index (χ4v) is 1.39. The van der Waals surface area contributed by atoms with Gasteiger partial charge in [0.1, 0.15) is 5.60 Å². The van der Waals surface area contributed by atoms with E-state index >= 15 is 0 Å². The average molecular weight is 179 g/mol. The van der Waals surface area contributed by atoms with Gasteiger partial charge in [-0.15, -0.1) is 0 Å². The van der Waals surface area contributed by atoms with Crippen LogP contribution in [0.15, 0.2) is 18.2 Å². The summed E-state index contributed by atoms with van der Waals surface area (Å²) in [6.45, 7) is 4.72. The third-order valence-corrected chi connectivity index (χ3v) is 2.08. The molecule has 1 aromatic carbocycles. The number of phenolic OH excluding ortho intramolecular Hbond substituents is 1. The largest absolute Gasteiger partial charge is 0.504 e. The predicted molar refractivity (Wildman–Crippen MR) is 51.3 cm³/mol. The van der Waals surface area contributed by atoms with Crippen LogP contribution >= 0.6 is 0 Å². The molecule has 1 aliphatic heterocycles. The number of para-hydroxylation sites is 1. The fraction of sp³-hybridized carbons (Fsp3) is 0.400. The average Bonchev–Trinajstić information content (AvgIpc) is 2.06. The highest BCUT2D eigenvalue weighted by atomic mass is 16.5. The van der Waals surface area contributed by atoms with Gasteiger partial charge < -0.3 is 15.2 Å². The van der Waals surface area contributed by atoms with Crippen molar-refractivity contribution in [1.82, 2.24) is 0 Å². The number of hydrogen-bond acceptors (Lipinski definition) is 3. The van der Waals surface area contributed by atoms with Crippen molar-refractivity contribution >= 4 is 5.69 Å². The summed E-state index contributed by atoms with van der Waals surface area (Å²) >= 11 is 0. The van der Waals surface area contributed by atoms with E-state index in [1.165, 1.54) is 0 Å². The number of nitrogens with one attached hydrogen (secondary N) is 1. The first-order valence-electron chi connectivity index (χ1n) is 4.33. The molecule has 0 aromatic heterocycles. The lowest BCUT2D eigenvalue weighted by Gasteiger charge is -2.33. The quantitative estimate of drug-likeness (QED) is 0.639. The van der Waals surface area contributed by atoms with Crippen LogP contribution in [0.1, 0.15) is 13.8 Å². The Hall–Kier alpha value is -1.38. The lowest BCUT2D eigenvalue weighted by Crippen LogP contribution is -2.39. The van der Waals surface area contributed by atoms with Gasteiger partial charge in [0.2, 0.25) is 0 Å². The maximum absolute atomic E-state index is 9.52. The van der Waals surface area contributed by atoms with E-state index in [0.29, 0.717) is 5.75 Å². The first-order valence-corrected chi connectivity index (χ1v) is 4.33. The van der Waals surface area contributed by atoms with Gasteiger partial charge in [-0.1, -0.05) is 6.07 Å². The Labute approximate surface area is 77.3 Å². The van der Waals surface area contributed by atoms with E-state index in [9.17, 15) is 5.11 Å². The first kappa shape index (κ1) is 8.23. The minimum atomic E-state index is -0.258. The summed E-state index contributed by atoms with van der Waals surface area (Å²) in [5, 5.41) is 12.7. The molecule has 2 N–H and O–H groups in total. The zero-order valence-corrected chi connectivity index (χ0v) is 7.79. The molecule has 1 heterocycles. The van der Waals surface area contributed by atoms with Gasteiger partial charge in [-0.3, -0.25) is 0 Å². The summed E-state index contributed by atoms with van der Waals surface area (Å²) in [7, 11) is 0. The smallest absolute Gasteiger partial charge is 0.184 e. The topological polar surface area (TPSA) is 41.5 Å². The molecule has 0 saturated carbocycles. The maximum atomic E-state index is 9.52. The summed E-state index contributed by atoms with van der Waals surface area (Å²) in [5.41, 5.74) is 0.602. The SMILES string of the molecule is CC1(C)CNc2cccc(O)c2O1. The third-order valence-electron chi connectivity index (χ3n) is 2.08. The second-order valence-electron chi connectivity index (χ2n) is 3.87. The normalized spacial score (nSPS) is 18.3. The van der Waals surface area contributed by atoms with E-state index in [0.717, 1.165) is 12.2 Å². The van der Waals surface area contributed by atoms with Crippen molar-refractivity contribution < 1.29 is 9.84 Å². The highest BCUT2D eigenvalue weighted by Gasteiger charge is 2.27. The number of ether oxygens (including phenoxy) is 1. The zero-order valence-electron chi connectivity index (χ0n) is 7.79. The number of hydrogen-bond donors (Lipinski definition) is 2. The molecular formula is C10H13NO2. The number of fused-ring (bicyclic) bond motifs is 1. The number of anilines is 1. The second kappa shape index (κ2) is 2.55. The van der Waals surface area contributed by atoms with Crippen molar-refractivity contribution in [1.29, 1.82) is 0 Å². The van der Waals surface area contributed by atoms with Gasteiger partial charge in [0.25, 0.3) is 0 Å². The third kappa shape index (κ3) is 1.41. The molecule has 0 spiro atoms. The van der Waals surface area contributed by atoms with Gasteiger partial charge in [0.15, 0.2) is 11.5 Å². The summed E-state index contributed by atoms with van der Waals surface area (Å²) in [4.78, 5) is 0. The van der Waals surface area contributed by atoms with Crippen molar-refractivity contribution in [3.05, 3.63) is 18.2 Å². The number of rotatable bonds is 0. The van der Waals surface area contributed by atoms with Gasteiger partial charge in [-0.25, -0.2) is 0 Å². The molecule has 0 bridgehead atoms. The van der Waals surface area contributed by atoms with Gasteiger partial charge >= 0.3 is 0 Å². The summed E-state index contributed by atoms with van der Waals surface area (Å²) in [6.07, 6.45) is 0. The van der Waals surface area contributed by atoms with Crippen molar-refractivity contribution in [3.8, 4) is 11.5 Å². The van der Waals surface area contributed by atoms with Gasteiger partial charge in [0, 0.05) is 0 Å². The van der Waals surface area contributed by atoms with Crippen LogP contribution in [0.4, 0.5) is 5.69 Å². The highest BCUT2D eigenvalue weighted by Crippen LogP contribution is 2.39. The Bertz CT molecular complexity index is 334. The Morgan fingerprint density at radius 3 is 3.00 bits per heavy atom. The molecule has 0 saturated heterocycles. The van der Waals surface area contributed by atoms with E-state index in [2.05, 4.69) is 5.32 Å². The monoisotopic (exact) mass is 179 g/mol. The van der Waals surface area contributed by atoms with Crippen molar-refractivity contribution in [2.75, 3.05) is 11.9 Å². The predicted octanol–water partition coefficient (Wildman–Crippen LogP) is 1.98. The van der Waals surface area contributed by atoms with Crippen LogP contribution in [-0.2, 0) is 0 Å². The molecule has 1 aliphatic rings. The highest BCUT2D eigenvalue weighted by molar-refractivity contribution is 5.64. The van der Waals surface area contributed by atoms with Crippen LogP contribution < -0.4 is 10.1 Å². The van der Waals surface area contributed by atoms with E-state index in [1.54, 1.807) is 12.1 Å². The van der Waals surface area contributed by atoms with Crippen LogP contribution in [0.25, 0.3) is 0 Å². The lowest BCUT2D eigenvalue weighted by atomic mass is 10.1. The summed E-state index contributed by atoms with van der Waals surface area (Å²) in [5.74, 6) is 0.747. The van der Waals surface area contributed by atoms with Crippen molar-refractivity contribution in [2.24, 2.45) is 0 Å². The molecule has 0 amide bonds. The van der Waals surface area contributed by atoms with Crippen molar-refractivity contribution in [3.63, 3.8) is 0 Å². The standard InChI is InChI=1S/C10H13NO2/c1-10(2)6-11-7-4-3-5-8(12)9(7)13-10/h3-5,11-12H,6H2,1-2H3. The molecule has 0 unspecified atom stereocenters. The van der Waals surface area contributed by atoms with E-state index in [-0.39, 0.29) is 11.4 Å². The van der Waals surface area contributed by atoms with Crippen LogP contribution in [0.5, 0.6) is 11.5 Å². The number of aromatic hydroxyl groups is 1. The van der Waals surface area contributed by atoms with Crippen LogP contribution in [0, 0.1) is 0 Å². The number of benzene rings is 1. The maximum Gasteiger partial charge on any atom is 0.184 e. The molecule has 13 heavy (non-hydrogen) atoms. The molecule has 3 heteroatoms. The van der Waals surface area contributed by atoms with E-state index in [1.807, 2.05) is 19.9 Å². The molecule has 70 valence electrons. The Morgan fingerprint density at radius 1 is 1.46 bits per heavy atom. The molecule has 0 atom stereocenters. The fourth-order valence-electron chi connectivity index (χ4n) is 1.39. The minimum absolute atomic E-state index is 0.192. The van der Waals surface area contributed by atoms with Gasteiger partial charge in [-0.2, -0.15) is 0 Å². The van der Waals surface area contributed by atoms with Crippen LogP contribution in [0.3, 0.4) is 0 Å². The van der Waals surface area contributed by atoms with Crippen LogP contribution in [0.2, 0.25) is 0 Å². The second-order valence-corrected chi connectivity index (χ2v) is 3.87. The Balaban J connectivity index is 2.44. The number of phenols is 1. The molecular weight excluding hydrogens is 166 g/mol. The van der Waals surface area contributed by atoms with Crippen LogP contribution in [-0.4, -0.2) is 17.3 Å². The first-order chi connectivity index (χ1) is 6.08. The molecule has 0 fully saturated rings. The van der Waals surface area contributed by atoms with Gasteiger partial charge in [-0.05, 0) is 26.0 Å². The lowest BCUT2D eigenvalue weighted by molar-refractivity contribution is 0.111. The summed E-state index contributed by atoms with van der Waals surface area (Å²) in [6, 6.07) is 5.31. The molecule has 0 radical (unpaired) electrons. The Morgan fingerprint density at radius 2 is 2.23 bits per heavy atom. The van der Waals surface area contributed by atoms with E-state index in [4.69, 9.17) is 4.74 Å². The Kier molecular flexibility index (Phi) is 1.62. The van der Waals surface area contributed by atoms with Crippen molar-refractivity contribution in [2.45, 2.75) is 19.4 Å². The molecule has 3 nitrogen and oxygen atoms in total. The van der Waals surface area contributed by atoms with Gasteiger partial charge in [0.05, 0.1) is 12.2 Å². The van der Waals surface area contributed by atoms with E-state index < -0.39 is 0 Å².